The molecule has 0 saturated carbocycles. The number of benzene rings is 1. The Morgan fingerprint density at radius 3 is 2.75 bits per heavy atom. The number of aromatic nitrogens is 1. The predicted molar refractivity (Wildman–Crippen MR) is 70.9 cm³/mol. The molecule has 1 aromatic heterocycles. The van der Waals surface area contributed by atoms with Gasteiger partial charge in [-0.05, 0) is 24.7 Å². The summed E-state index contributed by atoms with van der Waals surface area (Å²) < 4.78 is 0. The molecular formula is C12H14N2S2. The molecule has 0 aliphatic rings. The molecule has 0 radical (unpaired) electrons. The largest absolute Gasteiger partial charge is 0.316 e. The maximum atomic E-state index is 4.27. The average molecular weight is 250 g/mol. The lowest BCUT2D eigenvalue weighted by atomic mass is 10.2. The van der Waals surface area contributed by atoms with Gasteiger partial charge >= 0.3 is 0 Å². The second-order valence-electron chi connectivity index (χ2n) is 3.39. The van der Waals surface area contributed by atoms with Gasteiger partial charge in [-0.25, -0.2) is 4.98 Å². The van der Waals surface area contributed by atoms with Crippen molar-refractivity contribution in [2.24, 2.45) is 0 Å². The number of thioether (sulfide) groups is 1. The minimum atomic E-state index is 0.928. The van der Waals surface area contributed by atoms with Gasteiger partial charge in [0.15, 0.2) is 0 Å². The van der Waals surface area contributed by atoms with Gasteiger partial charge in [-0.3, -0.25) is 0 Å². The summed E-state index contributed by atoms with van der Waals surface area (Å²) in [6.45, 7) is 0.928. The Balaban J connectivity index is 1.90. The van der Waals surface area contributed by atoms with Crippen molar-refractivity contribution in [3.63, 3.8) is 0 Å². The van der Waals surface area contributed by atoms with Crippen molar-refractivity contribution in [2.45, 2.75) is 17.2 Å². The van der Waals surface area contributed by atoms with Gasteiger partial charge in [-0.15, -0.1) is 23.1 Å². The van der Waals surface area contributed by atoms with E-state index in [0.29, 0.717) is 0 Å². The van der Waals surface area contributed by atoms with Crippen molar-refractivity contribution in [2.75, 3.05) is 7.05 Å². The second-order valence-corrected chi connectivity index (χ2v) is 5.42. The van der Waals surface area contributed by atoms with Gasteiger partial charge in [0.25, 0.3) is 0 Å². The average Bonchev–Trinajstić information content (AvgIpc) is 2.82. The maximum absolute atomic E-state index is 4.27. The lowest BCUT2D eigenvalue weighted by Gasteiger charge is -2.02. The summed E-state index contributed by atoms with van der Waals surface area (Å²) in [5.74, 6) is 0.961. The highest BCUT2D eigenvalue weighted by Gasteiger charge is 1.98. The van der Waals surface area contributed by atoms with Gasteiger partial charge in [0.05, 0.1) is 5.75 Å². The Bertz CT molecular complexity index is 409. The Labute approximate surface area is 104 Å². The zero-order valence-electron chi connectivity index (χ0n) is 9.14. The van der Waals surface area contributed by atoms with Gasteiger partial charge < -0.3 is 5.32 Å². The summed E-state index contributed by atoms with van der Waals surface area (Å²) in [5, 5.41) is 6.35. The van der Waals surface area contributed by atoms with E-state index in [2.05, 4.69) is 34.6 Å². The van der Waals surface area contributed by atoms with E-state index in [4.69, 9.17) is 0 Å². The molecular weight excluding hydrogens is 236 g/mol. The molecule has 0 bridgehead atoms. The predicted octanol–water partition coefficient (Wildman–Crippen LogP) is 3.15. The van der Waals surface area contributed by atoms with E-state index in [0.717, 1.165) is 12.3 Å². The van der Waals surface area contributed by atoms with Crippen molar-refractivity contribution < 1.29 is 0 Å². The number of hydrogen-bond donors (Lipinski definition) is 1. The molecule has 0 unspecified atom stereocenters. The van der Waals surface area contributed by atoms with Crippen LogP contribution < -0.4 is 5.32 Å². The molecule has 0 fully saturated rings. The first-order chi connectivity index (χ1) is 7.88. The van der Waals surface area contributed by atoms with Crippen LogP contribution in [0.4, 0.5) is 0 Å². The lowest BCUT2D eigenvalue weighted by Crippen LogP contribution is -2.04. The smallest absolute Gasteiger partial charge is 0.103 e. The molecule has 2 nitrogen and oxygen atoms in total. The van der Waals surface area contributed by atoms with Crippen LogP contribution in [0.5, 0.6) is 0 Å². The summed E-state index contributed by atoms with van der Waals surface area (Å²) in [7, 11) is 1.96. The Kier molecular flexibility index (Phi) is 4.39. The zero-order chi connectivity index (χ0) is 11.2. The first-order valence-electron chi connectivity index (χ1n) is 5.13. The molecule has 84 valence electrons. The second kappa shape index (κ2) is 6.03. The summed E-state index contributed by atoms with van der Waals surface area (Å²) >= 11 is 3.54. The number of nitrogens with zero attached hydrogens (tertiary/aromatic N) is 1. The molecule has 16 heavy (non-hydrogen) atoms. The molecule has 1 N–H and O–H groups in total. The zero-order valence-corrected chi connectivity index (χ0v) is 10.8. The van der Waals surface area contributed by atoms with Crippen LogP contribution in [0.1, 0.15) is 10.6 Å². The number of thiazole rings is 1. The minimum Gasteiger partial charge on any atom is -0.316 e. The highest BCUT2D eigenvalue weighted by molar-refractivity contribution is 7.98. The van der Waals surface area contributed by atoms with Gasteiger partial charge in [-0.1, -0.05) is 12.1 Å². The summed E-state index contributed by atoms with van der Waals surface area (Å²) in [5.41, 5.74) is 1.32. The van der Waals surface area contributed by atoms with Crippen molar-refractivity contribution in [1.82, 2.24) is 10.3 Å². The number of rotatable bonds is 5. The van der Waals surface area contributed by atoms with Crippen LogP contribution in [0.15, 0.2) is 40.7 Å². The SMILES string of the molecule is CNCc1ccc(SCc2nccs2)cc1. The maximum Gasteiger partial charge on any atom is 0.103 e. The first-order valence-corrected chi connectivity index (χ1v) is 7.00. The molecule has 4 heteroatoms. The van der Waals surface area contributed by atoms with Gasteiger partial charge in [0.1, 0.15) is 5.01 Å². The van der Waals surface area contributed by atoms with Crippen LogP contribution in [-0.2, 0) is 12.3 Å². The van der Waals surface area contributed by atoms with E-state index >= 15 is 0 Å². The molecule has 1 aromatic carbocycles. The minimum absolute atomic E-state index is 0.928. The molecule has 0 aliphatic heterocycles. The Morgan fingerprint density at radius 1 is 1.31 bits per heavy atom. The standard InChI is InChI=1S/C12H14N2S2/c1-13-8-10-2-4-11(5-3-10)16-9-12-14-6-7-15-12/h2-7,13H,8-9H2,1H3. The van der Waals surface area contributed by atoms with E-state index in [1.807, 2.05) is 30.4 Å². The van der Waals surface area contributed by atoms with Crippen LogP contribution in [0.3, 0.4) is 0 Å². The number of nitrogens with one attached hydrogen (secondary N) is 1. The van der Waals surface area contributed by atoms with E-state index in [9.17, 15) is 0 Å². The summed E-state index contributed by atoms with van der Waals surface area (Å²) in [4.78, 5) is 5.57. The fraction of sp³-hybridized carbons (Fsp3) is 0.250. The van der Waals surface area contributed by atoms with Crippen LogP contribution in [0.25, 0.3) is 0 Å². The number of hydrogen-bond acceptors (Lipinski definition) is 4. The Morgan fingerprint density at radius 2 is 2.12 bits per heavy atom. The molecule has 0 amide bonds. The fourth-order valence-electron chi connectivity index (χ4n) is 1.38. The van der Waals surface area contributed by atoms with E-state index < -0.39 is 0 Å². The highest BCUT2D eigenvalue weighted by atomic mass is 32.2. The van der Waals surface area contributed by atoms with Crippen LogP contribution >= 0.6 is 23.1 Å². The monoisotopic (exact) mass is 250 g/mol. The quantitative estimate of drug-likeness (QED) is 0.825. The molecule has 0 spiro atoms. The van der Waals surface area contributed by atoms with Gasteiger partial charge in [-0.2, -0.15) is 0 Å². The topological polar surface area (TPSA) is 24.9 Å². The van der Waals surface area contributed by atoms with Crippen LogP contribution in [0.2, 0.25) is 0 Å². The third-order valence-corrected chi connectivity index (χ3v) is 4.14. The molecule has 0 aliphatic carbocycles. The van der Waals surface area contributed by atoms with Crippen molar-refractivity contribution in [3.8, 4) is 0 Å². The van der Waals surface area contributed by atoms with Crippen molar-refractivity contribution >= 4 is 23.1 Å². The molecule has 0 atom stereocenters. The fourth-order valence-corrected chi connectivity index (χ4v) is 2.92. The summed E-state index contributed by atoms with van der Waals surface area (Å²) in [6, 6.07) is 8.68. The third-order valence-electron chi connectivity index (χ3n) is 2.15. The van der Waals surface area contributed by atoms with Crippen molar-refractivity contribution in [3.05, 3.63) is 46.4 Å². The molecule has 2 rings (SSSR count). The van der Waals surface area contributed by atoms with E-state index in [1.165, 1.54) is 15.5 Å². The normalized spacial score (nSPS) is 10.6. The Hall–Kier alpha value is -0.840. The van der Waals surface area contributed by atoms with Crippen LogP contribution in [-0.4, -0.2) is 12.0 Å². The van der Waals surface area contributed by atoms with E-state index in [-0.39, 0.29) is 0 Å². The molecule has 0 saturated heterocycles. The van der Waals surface area contributed by atoms with Crippen molar-refractivity contribution in [1.29, 1.82) is 0 Å². The first kappa shape index (κ1) is 11.6. The third kappa shape index (κ3) is 3.33. The molecule has 1 heterocycles. The molecule has 2 aromatic rings. The van der Waals surface area contributed by atoms with E-state index in [1.54, 1.807) is 11.3 Å². The lowest BCUT2D eigenvalue weighted by molar-refractivity contribution is 0.817. The summed E-state index contributed by atoms with van der Waals surface area (Å²) in [6.07, 6.45) is 1.86. The van der Waals surface area contributed by atoms with Crippen LogP contribution in [0, 0.1) is 0 Å². The highest BCUT2D eigenvalue weighted by Crippen LogP contribution is 2.23. The van der Waals surface area contributed by atoms with Gasteiger partial charge in [0, 0.05) is 23.0 Å². The van der Waals surface area contributed by atoms with Gasteiger partial charge in [0.2, 0.25) is 0 Å².